The minimum Gasteiger partial charge on any atom is -0.496 e. The van der Waals surface area contributed by atoms with Crippen molar-refractivity contribution in [2.45, 2.75) is 31.4 Å². The summed E-state index contributed by atoms with van der Waals surface area (Å²) in [5, 5.41) is 16.8. The number of methoxy groups -OCH3 is 1. The fourth-order valence-corrected chi connectivity index (χ4v) is 5.02. The van der Waals surface area contributed by atoms with E-state index in [0.717, 1.165) is 28.1 Å². The Morgan fingerprint density at radius 1 is 1.14 bits per heavy atom. The van der Waals surface area contributed by atoms with Crippen LogP contribution in [-0.4, -0.2) is 49.5 Å². The molecule has 2 aromatic heterocycles. The van der Waals surface area contributed by atoms with E-state index in [1.165, 1.54) is 13.3 Å². The Labute approximate surface area is 252 Å². The molecule has 0 bridgehead atoms. The van der Waals surface area contributed by atoms with Gasteiger partial charge in [-0.1, -0.05) is 35.0 Å². The average Bonchev–Trinajstić information content (AvgIpc) is 3.54. The number of ether oxygens (including phenoxy) is 2. The van der Waals surface area contributed by atoms with Crippen LogP contribution in [0.3, 0.4) is 0 Å². The molecule has 0 aliphatic carbocycles. The normalized spacial score (nSPS) is 11.7. The van der Waals surface area contributed by atoms with Crippen molar-refractivity contribution < 1.29 is 27.4 Å². The van der Waals surface area contributed by atoms with Crippen molar-refractivity contribution in [3.05, 3.63) is 69.3 Å². The van der Waals surface area contributed by atoms with Crippen LogP contribution >= 0.6 is 35.0 Å². The highest BCUT2D eigenvalue weighted by molar-refractivity contribution is 7.99. The second kappa shape index (κ2) is 13.5. The summed E-state index contributed by atoms with van der Waals surface area (Å²) in [6.45, 7) is 2.32. The molecular weight excluding hydrogens is 618 g/mol. The summed E-state index contributed by atoms with van der Waals surface area (Å²) in [4.78, 5) is 12.4. The van der Waals surface area contributed by atoms with Crippen LogP contribution in [-0.2, 0) is 31.2 Å². The number of carbonyl (C=O) groups excluding carboxylic acids is 1. The number of rotatable bonds is 11. The van der Waals surface area contributed by atoms with Crippen LogP contribution in [0.2, 0.25) is 10.0 Å². The molecule has 4 aromatic rings. The van der Waals surface area contributed by atoms with Crippen molar-refractivity contribution in [1.29, 1.82) is 0 Å². The molecule has 0 fully saturated rings. The number of aryl methyl sites for hydroxylation is 1. The first kappa shape index (κ1) is 31.2. The Morgan fingerprint density at radius 2 is 1.90 bits per heavy atom. The maximum atomic E-state index is 13.1. The molecule has 4 rings (SSSR count). The van der Waals surface area contributed by atoms with E-state index >= 15 is 0 Å². The molecule has 0 unspecified atom stereocenters. The quantitative estimate of drug-likeness (QED) is 0.124. The van der Waals surface area contributed by atoms with E-state index in [4.69, 9.17) is 32.7 Å². The maximum Gasteiger partial charge on any atom is 0.435 e. The number of carbonyl (C=O) groups is 1. The Morgan fingerprint density at radius 3 is 2.57 bits per heavy atom. The third-order valence-corrected chi connectivity index (χ3v) is 7.25. The number of nitrogens with one attached hydrogen (secondary N) is 1. The van der Waals surface area contributed by atoms with E-state index in [1.54, 1.807) is 55.0 Å². The van der Waals surface area contributed by atoms with Crippen LogP contribution in [0.25, 0.3) is 11.5 Å². The zero-order valence-corrected chi connectivity index (χ0v) is 24.8. The fourth-order valence-electron chi connectivity index (χ4n) is 3.77. The molecule has 0 atom stereocenters. The summed E-state index contributed by atoms with van der Waals surface area (Å²) in [7, 11) is 2.93. The smallest absolute Gasteiger partial charge is 0.435 e. The van der Waals surface area contributed by atoms with Crippen LogP contribution < -0.4 is 14.9 Å². The minimum atomic E-state index is -4.59. The molecule has 42 heavy (non-hydrogen) atoms. The second-order valence-corrected chi connectivity index (χ2v) is 10.4. The predicted molar refractivity (Wildman–Crippen MR) is 153 cm³/mol. The van der Waals surface area contributed by atoms with E-state index in [2.05, 4.69) is 25.8 Å². The molecule has 0 aliphatic heterocycles. The predicted octanol–water partition coefficient (Wildman–Crippen LogP) is 5.85. The van der Waals surface area contributed by atoms with Gasteiger partial charge in [0.15, 0.2) is 16.7 Å². The Bertz CT molecular complexity index is 1610. The van der Waals surface area contributed by atoms with E-state index < -0.39 is 17.8 Å². The van der Waals surface area contributed by atoms with E-state index in [0.29, 0.717) is 38.8 Å². The van der Waals surface area contributed by atoms with Gasteiger partial charge in [-0.25, -0.2) is 5.43 Å². The van der Waals surface area contributed by atoms with E-state index in [1.807, 2.05) is 0 Å². The summed E-state index contributed by atoms with van der Waals surface area (Å²) < 4.78 is 53.2. The minimum absolute atomic E-state index is 0.0573. The number of nitrogens with zero attached hydrogens (tertiary/aromatic N) is 6. The van der Waals surface area contributed by atoms with Gasteiger partial charge in [-0.2, -0.15) is 23.4 Å². The topological polar surface area (TPSA) is 108 Å². The van der Waals surface area contributed by atoms with Crippen LogP contribution in [0, 0.1) is 0 Å². The molecule has 0 spiro atoms. The zero-order valence-electron chi connectivity index (χ0n) is 22.4. The second-order valence-electron chi connectivity index (χ2n) is 8.60. The lowest BCUT2D eigenvalue weighted by atomic mass is 10.1. The molecule has 16 heteroatoms. The van der Waals surface area contributed by atoms with E-state index in [9.17, 15) is 18.0 Å². The number of hydrogen-bond acceptors (Lipinski definition) is 8. The molecule has 1 amide bonds. The van der Waals surface area contributed by atoms with Crippen molar-refractivity contribution >= 4 is 47.1 Å². The zero-order chi connectivity index (χ0) is 30.4. The first-order valence-corrected chi connectivity index (χ1v) is 14.0. The molecule has 2 heterocycles. The van der Waals surface area contributed by atoms with Gasteiger partial charge in [-0.05, 0) is 55.0 Å². The van der Waals surface area contributed by atoms with Gasteiger partial charge in [0, 0.05) is 24.2 Å². The number of hydrogen-bond donors (Lipinski definition) is 1. The SMILES string of the molecule is CCn1c(SCC(=O)N/N=C\c2ccc(OC)c(COc3ccc(Cl)cc3Cl)c2)nnc1-c1cc(C(F)(F)F)nn1C. The van der Waals surface area contributed by atoms with Crippen molar-refractivity contribution in [1.82, 2.24) is 30.0 Å². The molecule has 0 saturated heterocycles. The first-order chi connectivity index (χ1) is 20.0. The highest BCUT2D eigenvalue weighted by Crippen LogP contribution is 2.32. The van der Waals surface area contributed by atoms with Crippen LogP contribution in [0.15, 0.2) is 52.7 Å². The van der Waals surface area contributed by atoms with Gasteiger partial charge >= 0.3 is 6.18 Å². The lowest BCUT2D eigenvalue weighted by Crippen LogP contribution is -2.20. The van der Waals surface area contributed by atoms with Gasteiger partial charge in [0.25, 0.3) is 5.91 Å². The van der Waals surface area contributed by atoms with Crippen molar-refractivity contribution in [2.24, 2.45) is 12.1 Å². The molecule has 1 N–H and O–H groups in total. The molecular formula is C26H24Cl2F3N7O3S. The molecule has 10 nitrogen and oxygen atoms in total. The Balaban J connectivity index is 1.36. The number of thioether (sulfide) groups is 1. The lowest BCUT2D eigenvalue weighted by molar-refractivity contribution is -0.141. The lowest BCUT2D eigenvalue weighted by Gasteiger charge is -2.12. The van der Waals surface area contributed by atoms with Crippen LogP contribution in [0.1, 0.15) is 23.7 Å². The highest BCUT2D eigenvalue weighted by atomic mass is 35.5. The third-order valence-electron chi connectivity index (χ3n) is 5.75. The van der Waals surface area contributed by atoms with E-state index in [-0.39, 0.29) is 23.9 Å². The summed E-state index contributed by atoms with van der Waals surface area (Å²) in [5.74, 6) is 0.791. The maximum absolute atomic E-state index is 13.1. The average molecular weight is 642 g/mol. The van der Waals surface area contributed by atoms with Gasteiger partial charge in [0.1, 0.15) is 23.8 Å². The van der Waals surface area contributed by atoms with Crippen molar-refractivity contribution in [2.75, 3.05) is 12.9 Å². The van der Waals surface area contributed by atoms with Gasteiger partial charge in [0.2, 0.25) is 0 Å². The largest absolute Gasteiger partial charge is 0.496 e. The standard InChI is InChI=1S/C26H24Cl2F3N7O3S/c1-4-38-24(19-11-22(26(29,30)31)36-37(19)2)34-35-25(38)42-14-23(39)33-32-12-15-5-7-20(40-3)16(9-15)13-41-21-8-6-17(27)10-18(21)28/h5-12H,4,13-14H2,1-3H3,(H,33,39)/b32-12-. The highest BCUT2D eigenvalue weighted by Gasteiger charge is 2.35. The number of benzene rings is 2. The molecule has 0 radical (unpaired) electrons. The monoisotopic (exact) mass is 641 g/mol. The van der Waals surface area contributed by atoms with Gasteiger partial charge in [-0.15, -0.1) is 10.2 Å². The van der Waals surface area contributed by atoms with Crippen LogP contribution in [0.5, 0.6) is 11.5 Å². The molecule has 0 aliphatic rings. The van der Waals surface area contributed by atoms with Crippen molar-refractivity contribution in [3.63, 3.8) is 0 Å². The van der Waals surface area contributed by atoms with Gasteiger partial charge < -0.3 is 14.0 Å². The number of alkyl halides is 3. The number of hydrazone groups is 1. The van der Waals surface area contributed by atoms with Crippen LogP contribution in [0.4, 0.5) is 13.2 Å². The number of aromatic nitrogens is 5. The molecule has 222 valence electrons. The molecule has 0 saturated carbocycles. The third kappa shape index (κ3) is 7.55. The van der Waals surface area contributed by atoms with Gasteiger partial charge in [0.05, 0.1) is 24.1 Å². The first-order valence-electron chi connectivity index (χ1n) is 12.2. The Hall–Kier alpha value is -3.75. The summed E-state index contributed by atoms with van der Waals surface area (Å²) in [6, 6.07) is 11.1. The molecule has 2 aromatic carbocycles. The van der Waals surface area contributed by atoms with Gasteiger partial charge in [-0.3, -0.25) is 9.48 Å². The summed E-state index contributed by atoms with van der Waals surface area (Å²) in [6.07, 6.45) is -3.12. The summed E-state index contributed by atoms with van der Waals surface area (Å²) >= 11 is 13.2. The number of amides is 1. The Kier molecular flexibility index (Phi) is 10.0. The van der Waals surface area contributed by atoms with Crippen molar-refractivity contribution in [3.8, 4) is 23.0 Å². The summed E-state index contributed by atoms with van der Waals surface area (Å²) in [5.41, 5.74) is 2.97. The fraction of sp³-hybridized carbons (Fsp3) is 0.269. The number of halogens is 5.